The van der Waals surface area contributed by atoms with Crippen LogP contribution in [-0.4, -0.2) is 19.5 Å². The van der Waals surface area contributed by atoms with E-state index in [0.717, 1.165) is 26.1 Å². The molecule has 0 unspecified atom stereocenters. The van der Waals surface area contributed by atoms with Crippen molar-refractivity contribution in [1.29, 1.82) is 0 Å². The Morgan fingerprint density at radius 1 is 1.08 bits per heavy atom. The van der Waals surface area contributed by atoms with E-state index < -0.39 is 0 Å². The monoisotopic (exact) mass is 168 g/mol. The molecular formula is C10H16O2. The minimum atomic E-state index is 0.0955. The first-order valence-corrected chi connectivity index (χ1v) is 4.76. The number of hydrogen-bond donors (Lipinski definition) is 0. The van der Waals surface area contributed by atoms with Crippen LogP contribution < -0.4 is 0 Å². The van der Waals surface area contributed by atoms with Gasteiger partial charge in [0.1, 0.15) is 0 Å². The van der Waals surface area contributed by atoms with Gasteiger partial charge in [0, 0.05) is 5.92 Å². The lowest BCUT2D eigenvalue weighted by Gasteiger charge is -2.26. The summed E-state index contributed by atoms with van der Waals surface area (Å²) in [6.07, 6.45) is 4.81. The maximum Gasteiger partial charge on any atom is 0.160 e. The highest BCUT2D eigenvalue weighted by atomic mass is 16.7. The third-order valence-corrected chi connectivity index (χ3v) is 2.77. The quantitative estimate of drug-likeness (QED) is 0.558. The molecule has 2 heteroatoms. The van der Waals surface area contributed by atoms with Gasteiger partial charge in [-0.3, -0.25) is 0 Å². The molecule has 1 aliphatic carbocycles. The van der Waals surface area contributed by atoms with Gasteiger partial charge in [-0.2, -0.15) is 0 Å². The summed E-state index contributed by atoms with van der Waals surface area (Å²) in [6.45, 7) is 5.55. The van der Waals surface area contributed by atoms with Crippen molar-refractivity contribution in [3.63, 3.8) is 0 Å². The maximum absolute atomic E-state index is 5.48. The average Bonchev–Trinajstić information content (AvgIpc) is 2.58. The van der Waals surface area contributed by atoms with E-state index in [0.29, 0.717) is 5.92 Å². The van der Waals surface area contributed by atoms with Crippen LogP contribution in [0.3, 0.4) is 0 Å². The standard InChI is InChI=1S/C10H16O2/c1-8-2-4-9(5-3-8)10-11-6-7-12-10/h9-10H,1-7H2. The fraction of sp³-hybridized carbons (Fsp3) is 0.800. The van der Waals surface area contributed by atoms with Crippen molar-refractivity contribution < 1.29 is 9.47 Å². The van der Waals surface area contributed by atoms with E-state index in [1.54, 1.807) is 0 Å². The van der Waals surface area contributed by atoms with Crippen molar-refractivity contribution in [2.24, 2.45) is 5.92 Å². The normalized spacial score (nSPS) is 28.2. The van der Waals surface area contributed by atoms with Gasteiger partial charge in [-0.1, -0.05) is 12.2 Å². The van der Waals surface area contributed by atoms with Crippen LogP contribution in [0.2, 0.25) is 0 Å². The number of ether oxygens (including phenoxy) is 2. The van der Waals surface area contributed by atoms with Crippen molar-refractivity contribution in [3.05, 3.63) is 12.2 Å². The van der Waals surface area contributed by atoms with Crippen molar-refractivity contribution in [2.75, 3.05) is 13.2 Å². The summed E-state index contributed by atoms with van der Waals surface area (Å²) in [5.41, 5.74) is 1.39. The largest absolute Gasteiger partial charge is 0.350 e. The summed E-state index contributed by atoms with van der Waals surface area (Å²) >= 11 is 0. The van der Waals surface area contributed by atoms with Crippen LogP contribution in [0.15, 0.2) is 12.2 Å². The van der Waals surface area contributed by atoms with Crippen LogP contribution in [0.1, 0.15) is 25.7 Å². The summed E-state index contributed by atoms with van der Waals surface area (Å²) in [6, 6.07) is 0. The van der Waals surface area contributed by atoms with Crippen molar-refractivity contribution in [3.8, 4) is 0 Å². The molecule has 0 spiro atoms. The van der Waals surface area contributed by atoms with Gasteiger partial charge in [0.05, 0.1) is 13.2 Å². The number of rotatable bonds is 1. The van der Waals surface area contributed by atoms with E-state index in [9.17, 15) is 0 Å². The second-order valence-corrected chi connectivity index (χ2v) is 3.70. The Bertz CT molecular complexity index is 161. The minimum Gasteiger partial charge on any atom is -0.350 e. The summed E-state index contributed by atoms with van der Waals surface area (Å²) in [4.78, 5) is 0. The Balaban J connectivity index is 1.84. The van der Waals surface area contributed by atoms with E-state index in [2.05, 4.69) is 6.58 Å². The molecule has 0 N–H and O–H groups in total. The topological polar surface area (TPSA) is 18.5 Å². The molecule has 1 heterocycles. The molecule has 0 amide bonds. The number of hydrogen-bond acceptors (Lipinski definition) is 2. The molecule has 1 saturated carbocycles. The fourth-order valence-corrected chi connectivity index (χ4v) is 1.97. The Hall–Kier alpha value is -0.340. The smallest absolute Gasteiger partial charge is 0.160 e. The molecule has 1 aliphatic heterocycles. The summed E-state index contributed by atoms with van der Waals surface area (Å²) in [7, 11) is 0. The average molecular weight is 168 g/mol. The van der Waals surface area contributed by atoms with Gasteiger partial charge in [0.15, 0.2) is 6.29 Å². The zero-order valence-electron chi connectivity index (χ0n) is 7.42. The molecule has 12 heavy (non-hydrogen) atoms. The molecule has 0 bridgehead atoms. The Labute approximate surface area is 73.5 Å². The van der Waals surface area contributed by atoms with Crippen molar-refractivity contribution in [1.82, 2.24) is 0 Å². The lowest BCUT2D eigenvalue weighted by Crippen LogP contribution is -2.24. The predicted molar refractivity (Wildman–Crippen MR) is 46.8 cm³/mol. The van der Waals surface area contributed by atoms with Crippen molar-refractivity contribution >= 4 is 0 Å². The fourth-order valence-electron chi connectivity index (χ4n) is 1.97. The van der Waals surface area contributed by atoms with Gasteiger partial charge in [-0.25, -0.2) is 0 Å². The first-order valence-electron chi connectivity index (χ1n) is 4.76. The molecule has 0 atom stereocenters. The lowest BCUT2D eigenvalue weighted by atomic mass is 9.86. The summed E-state index contributed by atoms with van der Waals surface area (Å²) in [5, 5.41) is 0. The van der Waals surface area contributed by atoms with E-state index >= 15 is 0 Å². The third-order valence-electron chi connectivity index (χ3n) is 2.77. The van der Waals surface area contributed by atoms with Crippen molar-refractivity contribution in [2.45, 2.75) is 32.0 Å². The van der Waals surface area contributed by atoms with Crippen LogP contribution in [0.4, 0.5) is 0 Å². The zero-order chi connectivity index (χ0) is 8.39. The highest BCUT2D eigenvalue weighted by molar-refractivity contribution is 4.98. The van der Waals surface area contributed by atoms with Gasteiger partial charge >= 0.3 is 0 Å². The first-order chi connectivity index (χ1) is 5.86. The first kappa shape index (κ1) is 8.27. The molecule has 0 aromatic heterocycles. The molecular weight excluding hydrogens is 152 g/mol. The van der Waals surface area contributed by atoms with E-state index in [1.807, 2.05) is 0 Å². The van der Waals surface area contributed by atoms with Gasteiger partial charge in [-0.05, 0) is 25.7 Å². The lowest BCUT2D eigenvalue weighted by molar-refractivity contribution is -0.0896. The molecule has 0 radical (unpaired) electrons. The van der Waals surface area contributed by atoms with E-state index in [1.165, 1.54) is 18.4 Å². The van der Waals surface area contributed by atoms with Gasteiger partial charge < -0.3 is 9.47 Å². The molecule has 2 nitrogen and oxygen atoms in total. The van der Waals surface area contributed by atoms with Crippen LogP contribution in [0.25, 0.3) is 0 Å². The molecule has 0 aromatic carbocycles. The second-order valence-electron chi connectivity index (χ2n) is 3.70. The zero-order valence-corrected chi connectivity index (χ0v) is 7.42. The van der Waals surface area contributed by atoms with E-state index in [4.69, 9.17) is 9.47 Å². The molecule has 2 rings (SSSR count). The van der Waals surface area contributed by atoms with Crippen LogP contribution in [-0.2, 0) is 9.47 Å². The van der Waals surface area contributed by atoms with Gasteiger partial charge in [0.25, 0.3) is 0 Å². The Morgan fingerprint density at radius 2 is 1.67 bits per heavy atom. The van der Waals surface area contributed by atoms with Gasteiger partial charge in [0.2, 0.25) is 0 Å². The Morgan fingerprint density at radius 3 is 2.25 bits per heavy atom. The third kappa shape index (κ3) is 1.70. The van der Waals surface area contributed by atoms with Gasteiger partial charge in [-0.15, -0.1) is 0 Å². The van der Waals surface area contributed by atoms with E-state index in [-0.39, 0.29) is 6.29 Å². The molecule has 2 fully saturated rings. The van der Waals surface area contributed by atoms with Crippen LogP contribution in [0, 0.1) is 5.92 Å². The summed E-state index contributed by atoms with van der Waals surface area (Å²) < 4.78 is 11.0. The minimum absolute atomic E-state index is 0.0955. The molecule has 1 saturated heterocycles. The Kier molecular flexibility index (Phi) is 2.47. The predicted octanol–water partition coefficient (Wildman–Crippen LogP) is 2.11. The SMILES string of the molecule is C=C1CCC(C2OCCO2)CC1. The van der Waals surface area contributed by atoms with Crippen LogP contribution >= 0.6 is 0 Å². The molecule has 2 aliphatic rings. The molecule has 0 aromatic rings. The number of allylic oxidation sites excluding steroid dienone is 1. The maximum atomic E-state index is 5.48. The highest BCUT2D eigenvalue weighted by Gasteiger charge is 2.28. The highest BCUT2D eigenvalue weighted by Crippen LogP contribution is 2.32. The summed E-state index contributed by atoms with van der Waals surface area (Å²) in [5.74, 6) is 0.623. The molecule has 68 valence electrons. The second kappa shape index (κ2) is 3.58. The van der Waals surface area contributed by atoms with Crippen LogP contribution in [0.5, 0.6) is 0 Å².